The molecule has 0 bridgehead atoms. The zero-order chi connectivity index (χ0) is 8.27. The van der Waals surface area contributed by atoms with Crippen molar-refractivity contribution in [3.63, 3.8) is 0 Å². The molecule has 0 amide bonds. The second-order valence-corrected chi connectivity index (χ2v) is 3.29. The number of hydrogen-bond donors (Lipinski definition) is 0. The van der Waals surface area contributed by atoms with Crippen molar-refractivity contribution in [3.05, 3.63) is 23.3 Å². The van der Waals surface area contributed by atoms with E-state index in [-0.39, 0.29) is 0 Å². The standard InChI is InChI=1S/C10H17N/c1-4-5-10-6-7-11(3)8-9(10)2/h4-5H,6-8H2,1-3H3/b5-4-. The fraction of sp³-hybridized carbons (Fsp3) is 0.600. The highest BCUT2D eigenvalue weighted by molar-refractivity contribution is 5.27. The van der Waals surface area contributed by atoms with E-state index >= 15 is 0 Å². The third-order valence-electron chi connectivity index (χ3n) is 2.19. The molecule has 1 nitrogen and oxygen atoms in total. The molecule has 0 spiro atoms. The van der Waals surface area contributed by atoms with Crippen molar-refractivity contribution in [2.24, 2.45) is 0 Å². The van der Waals surface area contributed by atoms with Crippen molar-refractivity contribution in [1.82, 2.24) is 4.90 Å². The Hall–Kier alpha value is -0.560. The van der Waals surface area contributed by atoms with Crippen LogP contribution in [0.4, 0.5) is 0 Å². The minimum atomic E-state index is 1.14. The van der Waals surface area contributed by atoms with Gasteiger partial charge in [0.05, 0.1) is 0 Å². The average Bonchev–Trinajstić information content (AvgIpc) is 1.95. The first-order valence-electron chi connectivity index (χ1n) is 4.24. The molecule has 62 valence electrons. The maximum atomic E-state index is 2.36. The lowest BCUT2D eigenvalue weighted by molar-refractivity contribution is 0.350. The second-order valence-electron chi connectivity index (χ2n) is 3.29. The number of rotatable bonds is 1. The lowest BCUT2D eigenvalue weighted by atomic mass is 10.0. The third-order valence-corrected chi connectivity index (χ3v) is 2.19. The molecule has 0 atom stereocenters. The van der Waals surface area contributed by atoms with Crippen LogP contribution in [0.25, 0.3) is 0 Å². The van der Waals surface area contributed by atoms with Crippen molar-refractivity contribution < 1.29 is 0 Å². The van der Waals surface area contributed by atoms with Gasteiger partial charge in [0.25, 0.3) is 0 Å². The predicted molar refractivity (Wildman–Crippen MR) is 49.6 cm³/mol. The Morgan fingerprint density at radius 1 is 1.45 bits per heavy atom. The Kier molecular flexibility index (Phi) is 2.89. The molecule has 0 aliphatic carbocycles. The Balaban J connectivity index is 2.69. The predicted octanol–water partition coefficient (Wildman–Crippen LogP) is 2.21. The first kappa shape index (κ1) is 8.54. The maximum Gasteiger partial charge on any atom is 0.0193 e. The molecule has 0 unspecified atom stereocenters. The van der Waals surface area contributed by atoms with Gasteiger partial charge in [-0.3, -0.25) is 0 Å². The molecular formula is C10H17N. The Labute approximate surface area is 69.4 Å². The minimum Gasteiger partial charge on any atom is -0.302 e. The Morgan fingerprint density at radius 3 is 2.73 bits per heavy atom. The summed E-state index contributed by atoms with van der Waals surface area (Å²) in [4.78, 5) is 2.36. The van der Waals surface area contributed by atoms with Crippen LogP contribution < -0.4 is 0 Å². The lowest BCUT2D eigenvalue weighted by Gasteiger charge is -2.24. The van der Waals surface area contributed by atoms with Gasteiger partial charge >= 0.3 is 0 Å². The molecule has 0 fully saturated rings. The second kappa shape index (κ2) is 3.72. The van der Waals surface area contributed by atoms with Crippen LogP contribution in [0.5, 0.6) is 0 Å². The van der Waals surface area contributed by atoms with Gasteiger partial charge in [-0.25, -0.2) is 0 Å². The van der Waals surface area contributed by atoms with Gasteiger partial charge in [-0.15, -0.1) is 0 Å². The van der Waals surface area contributed by atoms with E-state index in [0.29, 0.717) is 0 Å². The summed E-state index contributed by atoms with van der Waals surface area (Å²) in [7, 11) is 2.18. The molecule has 0 radical (unpaired) electrons. The van der Waals surface area contributed by atoms with Crippen molar-refractivity contribution in [2.75, 3.05) is 20.1 Å². The van der Waals surface area contributed by atoms with Crippen LogP contribution in [0.3, 0.4) is 0 Å². The van der Waals surface area contributed by atoms with Crippen LogP contribution >= 0.6 is 0 Å². The van der Waals surface area contributed by atoms with Crippen molar-refractivity contribution in [2.45, 2.75) is 20.3 Å². The SMILES string of the molecule is C/C=C\C1=C(C)CN(C)CC1. The monoisotopic (exact) mass is 151 g/mol. The van der Waals surface area contributed by atoms with E-state index in [1.54, 1.807) is 0 Å². The first-order chi connectivity index (χ1) is 5.24. The molecule has 0 aromatic heterocycles. The van der Waals surface area contributed by atoms with Crippen molar-refractivity contribution in [3.8, 4) is 0 Å². The van der Waals surface area contributed by atoms with E-state index in [0.717, 1.165) is 6.54 Å². The number of nitrogens with zero attached hydrogens (tertiary/aromatic N) is 1. The topological polar surface area (TPSA) is 3.24 Å². The van der Waals surface area contributed by atoms with Crippen LogP contribution in [0.2, 0.25) is 0 Å². The molecule has 1 heterocycles. The minimum absolute atomic E-state index is 1.14. The summed E-state index contributed by atoms with van der Waals surface area (Å²) in [5.41, 5.74) is 3.06. The molecule has 0 saturated heterocycles. The summed E-state index contributed by atoms with van der Waals surface area (Å²) in [5, 5.41) is 0. The summed E-state index contributed by atoms with van der Waals surface area (Å²) in [6.07, 6.45) is 5.58. The molecule has 1 aliphatic heterocycles. The summed E-state index contributed by atoms with van der Waals surface area (Å²) in [5.74, 6) is 0. The largest absolute Gasteiger partial charge is 0.302 e. The molecule has 0 aromatic carbocycles. The van der Waals surface area contributed by atoms with Crippen LogP contribution in [-0.2, 0) is 0 Å². The fourth-order valence-corrected chi connectivity index (χ4v) is 1.54. The highest BCUT2D eigenvalue weighted by atomic mass is 15.1. The maximum absolute atomic E-state index is 2.36. The summed E-state index contributed by atoms with van der Waals surface area (Å²) in [6.45, 7) is 6.65. The van der Waals surface area contributed by atoms with Gasteiger partial charge in [0.1, 0.15) is 0 Å². The molecular weight excluding hydrogens is 134 g/mol. The van der Waals surface area contributed by atoms with E-state index in [4.69, 9.17) is 0 Å². The van der Waals surface area contributed by atoms with Crippen LogP contribution in [0, 0.1) is 0 Å². The van der Waals surface area contributed by atoms with E-state index in [2.05, 4.69) is 37.9 Å². The normalized spacial score (nSPS) is 21.7. The Morgan fingerprint density at radius 2 is 2.18 bits per heavy atom. The van der Waals surface area contributed by atoms with Crippen molar-refractivity contribution in [1.29, 1.82) is 0 Å². The number of allylic oxidation sites excluding steroid dienone is 2. The lowest BCUT2D eigenvalue weighted by Crippen LogP contribution is -2.26. The van der Waals surface area contributed by atoms with Crippen LogP contribution in [-0.4, -0.2) is 25.0 Å². The quantitative estimate of drug-likeness (QED) is 0.555. The van der Waals surface area contributed by atoms with Crippen LogP contribution in [0.1, 0.15) is 20.3 Å². The molecule has 1 rings (SSSR count). The van der Waals surface area contributed by atoms with Crippen molar-refractivity contribution >= 4 is 0 Å². The van der Waals surface area contributed by atoms with Crippen LogP contribution in [0.15, 0.2) is 23.3 Å². The van der Waals surface area contributed by atoms with E-state index < -0.39 is 0 Å². The highest BCUT2D eigenvalue weighted by Crippen LogP contribution is 2.16. The summed E-state index contributed by atoms with van der Waals surface area (Å²) < 4.78 is 0. The van der Waals surface area contributed by atoms with E-state index in [1.165, 1.54) is 24.1 Å². The number of likely N-dealkylation sites (N-methyl/N-ethyl adjacent to an activating group) is 1. The molecule has 1 aliphatic rings. The molecule has 0 N–H and O–H groups in total. The van der Waals surface area contributed by atoms with Gasteiger partial charge in [0.2, 0.25) is 0 Å². The molecule has 1 heteroatoms. The smallest absolute Gasteiger partial charge is 0.0193 e. The van der Waals surface area contributed by atoms with Gasteiger partial charge in [-0.1, -0.05) is 17.7 Å². The molecule has 0 aromatic rings. The average molecular weight is 151 g/mol. The van der Waals surface area contributed by atoms with Gasteiger partial charge < -0.3 is 4.90 Å². The van der Waals surface area contributed by atoms with E-state index in [9.17, 15) is 0 Å². The Bertz CT molecular complexity index is 189. The number of hydrogen-bond acceptors (Lipinski definition) is 1. The van der Waals surface area contributed by atoms with Gasteiger partial charge in [-0.2, -0.15) is 0 Å². The molecule has 0 saturated carbocycles. The summed E-state index contributed by atoms with van der Waals surface area (Å²) >= 11 is 0. The third kappa shape index (κ3) is 2.19. The first-order valence-corrected chi connectivity index (χ1v) is 4.24. The molecule has 11 heavy (non-hydrogen) atoms. The van der Waals surface area contributed by atoms with Gasteiger partial charge in [0.15, 0.2) is 0 Å². The highest BCUT2D eigenvalue weighted by Gasteiger charge is 2.09. The van der Waals surface area contributed by atoms with Gasteiger partial charge in [0, 0.05) is 13.1 Å². The van der Waals surface area contributed by atoms with Gasteiger partial charge in [-0.05, 0) is 32.9 Å². The zero-order valence-corrected chi connectivity index (χ0v) is 7.72. The zero-order valence-electron chi connectivity index (χ0n) is 7.72. The fourth-order valence-electron chi connectivity index (χ4n) is 1.54. The van der Waals surface area contributed by atoms with E-state index in [1.807, 2.05) is 0 Å². The summed E-state index contributed by atoms with van der Waals surface area (Å²) in [6, 6.07) is 0.